The van der Waals surface area contributed by atoms with E-state index in [1.165, 1.54) is 0 Å². The molecule has 0 aromatic heterocycles. The summed E-state index contributed by atoms with van der Waals surface area (Å²) in [6.45, 7) is 0.186. The summed E-state index contributed by atoms with van der Waals surface area (Å²) >= 11 is 5.77. The number of benzene rings is 2. The van der Waals surface area contributed by atoms with E-state index in [9.17, 15) is 14.4 Å². The number of halogens is 1. The molecule has 7 nitrogen and oxygen atoms in total. The second-order valence-electron chi connectivity index (χ2n) is 6.12. The smallest absolute Gasteiger partial charge is 0.308 e. The Bertz CT molecular complexity index is 822. The molecule has 0 saturated heterocycles. The zero-order valence-corrected chi connectivity index (χ0v) is 16.8. The SMILES string of the molecule is COc1ccc(CCNC(=O)COC(=O)CCNC(=O)c2ccc(Cl)cc2)cc1. The van der Waals surface area contributed by atoms with Gasteiger partial charge >= 0.3 is 5.97 Å². The van der Waals surface area contributed by atoms with Crippen LogP contribution in [0.3, 0.4) is 0 Å². The predicted octanol–water partition coefficient (Wildman–Crippen LogP) is 2.37. The van der Waals surface area contributed by atoms with E-state index in [1.54, 1.807) is 31.4 Å². The maximum Gasteiger partial charge on any atom is 0.308 e. The van der Waals surface area contributed by atoms with Crippen LogP contribution in [-0.2, 0) is 20.7 Å². The summed E-state index contributed by atoms with van der Waals surface area (Å²) in [6.07, 6.45) is 0.624. The van der Waals surface area contributed by atoms with Crippen molar-refractivity contribution in [1.82, 2.24) is 10.6 Å². The van der Waals surface area contributed by atoms with Gasteiger partial charge in [0.1, 0.15) is 5.75 Å². The van der Waals surface area contributed by atoms with Crippen molar-refractivity contribution in [2.75, 3.05) is 26.8 Å². The third kappa shape index (κ3) is 8.23. The van der Waals surface area contributed by atoms with Gasteiger partial charge in [-0.3, -0.25) is 14.4 Å². The largest absolute Gasteiger partial charge is 0.497 e. The van der Waals surface area contributed by atoms with Crippen LogP contribution in [-0.4, -0.2) is 44.6 Å². The monoisotopic (exact) mass is 418 g/mol. The molecule has 2 aromatic rings. The minimum Gasteiger partial charge on any atom is -0.497 e. The van der Waals surface area contributed by atoms with Crippen molar-refractivity contribution in [3.05, 3.63) is 64.7 Å². The van der Waals surface area contributed by atoms with E-state index >= 15 is 0 Å². The molecule has 0 atom stereocenters. The first kappa shape index (κ1) is 22.2. The predicted molar refractivity (Wildman–Crippen MR) is 109 cm³/mol. The third-order valence-corrected chi connectivity index (χ3v) is 4.23. The summed E-state index contributed by atoms with van der Waals surface area (Å²) in [6, 6.07) is 13.9. The molecule has 8 heteroatoms. The van der Waals surface area contributed by atoms with Gasteiger partial charge in [-0.25, -0.2) is 0 Å². The summed E-state index contributed by atoms with van der Waals surface area (Å²) in [4.78, 5) is 35.3. The van der Waals surface area contributed by atoms with Gasteiger partial charge in [-0.05, 0) is 48.4 Å². The Labute approximate surface area is 174 Å². The molecule has 2 rings (SSSR count). The van der Waals surface area contributed by atoms with Crippen molar-refractivity contribution >= 4 is 29.4 Å². The van der Waals surface area contributed by atoms with Crippen LogP contribution in [0.2, 0.25) is 5.02 Å². The normalized spacial score (nSPS) is 10.1. The first-order valence-electron chi connectivity index (χ1n) is 9.07. The van der Waals surface area contributed by atoms with Crippen molar-refractivity contribution in [2.24, 2.45) is 0 Å². The fraction of sp³-hybridized carbons (Fsp3) is 0.286. The van der Waals surface area contributed by atoms with Crippen LogP contribution in [0.15, 0.2) is 48.5 Å². The molecule has 154 valence electrons. The quantitative estimate of drug-likeness (QED) is 0.578. The van der Waals surface area contributed by atoms with Crippen molar-refractivity contribution in [3.8, 4) is 5.75 Å². The highest BCUT2D eigenvalue weighted by molar-refractivity contribution is 6.30. The molecule has 0 unspecified atom stereocenters. The van der Waals surface area contributed by atoms with E-state index in [2.05, 4.69) is 10.6 Å². The van der Waals surface area contributed by atoms with E-state index in [0.29, 0.717) is 23.6 Å². The topological polar surface area (TPSA) is 93.7 Å². The molecule has 0 aliphatic carbocycles. The average molecular weight is 419 g/mol. The van der Waals surface area contributed by atoms with Gasteiger partial charge in [-0.2, -0.15) is 0 Å². The number of carbonyl (C=O) groups is 3. The maximum absolute atomic E-state index is 11.9. The van der Waals surface area contributed by atoms with E-state index in [0.717, 1.165) is 11.3 Å². The molecule has 0 aliphatic rings. The highest BCUT2D eigenvalue weighted by atomic mass is 35.5. The average Bonchev–Trinajstić information content (AvgIpc) is 2.73. The summed E-state index contributed by atoms with van der Waals surface area (Å²) < 4.78 is 9.99. The van der Waals surface area contributed by atoms with Gasteiger partial charge in [0.25, 0.3) is 11.8 Å². The van der Waals surface area contributed by atoms with Gasteiger partial charge in [0.15, 0.2) is 6.61 Å². The molecule has 29 heavy (non-hydrogen) atoms. The zero-order valence-electron chi connectivity index (χ0n) is 16.1. The lowest BCUT2D eigenvalue weighted by Crippen LogP contribution is -2.31. The Hall–Kier alpha value is -3.06. The minimum atomic E-state index is -0.563. The van der Waals surface area contributed by atoms with Crippen LogP contribution >= 0.6 is 11.6 Å². The molecule has 0 bridgehead atoms. The molecular formula is C21H23ClN2O5. The highest BCUT2D eigenvalue weighted by Crippen LogP contribution is 2.11. The maximum atomic E-state index is 11.9. The second-order valence-corrected chi connectivity index (χ2v) is 6.56. The molecule has 0 aliphatic heterocycles. The second kappa shape index (κ2) is 11.7. The molecule has 2 amide bonds. The fourth-order valence-corrected chi connectivity index (χ4v) is 2.52. The van der Waals surface area contributed by atoms with Crippen molar-refractivity contribution in [1.29, 1.82) is 0 Å². The Kier molecular flexibility index (Phi) is 8.98. The first-order chi connectivity index (χ1) is 14.0. The van der Waals surface area contributed by atoms with Crippen molar-refractivity contribution in [3.63, 3.8) is 0 Å². The highest BCUT2D eigenvalue weighted by Gasteiger charge is 2.09. The molecule has 0 heterocycles. The molecular weight excluding hydrogens is 396 g/mol. The lowest BCUT2D eigenvalue weighted by Gasteiger charge is -2.08. The first-order valence-corrected chi connectivity index (χ1v) is 9.44. The van der Waals surface area contributed by atoms with Crippen LogP contribution in [0.5, 0.6) is 5.75 Å². The number of amides is 2. The van der Waals surface area contributed by atoms with Gasteiger partial charge < -0.3 is 20.1 Å². The number of ether oxygens (including phenoxy) is 2. The molecule has 0 saturated carbocycles. The fourth-order valence-electron chi connectivity index (χ4n) is 2.39. The number of carbonyl (C=O) groups excluding carboxylic acids is 3. The Morgan fingerprint density at radius 3 is 2.28 bits per heavy atom. The van der Waals surface area contributed by atoms with Gasteiger partial charge in [0, 0.05) is 23.7 Å². The third-order valence-electron chi connectivity index (χ3n) is 3.98. The van der Waals surface area contributed by atoms with E-state index in [4.69, 9.17) is 21.1 Å². The molecule has 0 fully saturated rings. The van der Waals surface area contributed by atoms with Gasteiger partial charge in [-0.15, -0.1) is 0 Å². The van der Waals surface area contributed by atoms with E-state index < -0.39 is 5.97 Å². The van der Waals surface area contributed by atoms with Crippen LogP contribution in [0.4, 0.5) is 0 Å². The standard InChI is InChI=1S/C21H23ClN2O5/c1-28-18-8-2-15(3-9-18)10-12-23-19(25)14-29-20(26)11-13-24-21(27)16-4-6-17(22)7-5-16/h2-9H,10-14H2,1H3,(H,23,25)(H,24,27). The number of hydrogen-bond acceptors (Lipinski definition) is 5. The number of hydrogen-bond donors (Lipinski definition) is 2. The zero-order chi connectivity index (χ0) is 21.1. The number of nitrogens with one attached hydrogen (secondary N) is 2. The number of rotatable bonds is 10. The van der Waals surface area contributed by atoms with E-state index in [-0.39, 0.29) is 31.4 Å². The van der Waals surface area contributed by atoms with Gasteiger partial charge in [0.05, 0.1) is 13.5 Å². The van der Waals surface area contributed by atoms with Crippen LogP contribution in [0.25, 0.3) is 0 Å². The summed E-state index contributed by atoms with van der Waals surface area (Å²) in [5.41, 5.74) is 1.50. The van der Waals surface area contributed by atoms with E-state index in [1.807, 2.05) is 24.3 Å². The molecule has 0 radical (unpaired) electrons. The number of methoxy groups -OCH3 is 1. The van der Waals surface area contributed by atoms with Crippen molar-refractivity contribution < 1.29 is 23.9 Å². The Morgan fingerprint density at radius 1 is 0.931 bits per heavy atom. The minimum absolute atomic E-state index is 0.0293. The lowest BCUT2D eigenvalue weighted by atomic mass is 10.1. The summed E-state index contributed by atoms with van der Waals surface area (Å²) in [5.74, 6) is -0.483. The summed E-state index contributed by atoms with van der Waals surface area (Å²) in [5, 5.41) is 5.83. The number of esters is 1. The van der Waals surface area contributed by atoms with Crippen LogP contribution in [0, 0.1) is 0 Å². The molecule has 0 spiro atoms. The van der Waals surface area contributed by atoms with Crippen LogP contribution in [0.1, 0.15) is 22.3 Å². The molecule has 2 aromatic carbocycles. The van der Waals surface area contributed by atoms with Gasteiger partial charge in [0.2, 0.25) is 0 Å². The Morgan fingerprint density at radius 2 is 1.62 bits per heavy atom. The lowest BCUT2D eigenvalue weighted by molar-refractivity contribution is -0.148. The van der Waals surface area contributed by atoms with Gasteiger partial charge in [-0.1, -0.05) is 23.7 Å². The van der Waals surface area contributed by atoms with Crippen molar-refractivity contribution in [2.45, 2.75) is 12.8 Å². The molecule has 2 N–H and O–H groups in total. The van der Waals surface area contributed by atoms with Crippen LogP contribution < -0.4 is 15.4 Å². The summed E-state index contributed by atoms with van der Waals surface area (Å²) in [7, 11) is 1.60. The Balaban J connectivity index is 1.57.